The summed E-state index contributed by atoms with van der Waals surface area (Å²) in [5.41, 5.74) is 1.09. The SMILES string of the molecule is O=[N+]([O-])c1cc(F)cc(NCc2ccccc2Br)c1. The van der Waals surface area contributed by atoms with E-state index in [2.05, 4.69) is 21.2 Å². The maximum Gasteiger partial charge on any atom is 0.274 e. The highest BCUT2D eigenvalue weighted by atomic mass is 79.9. The Balaban J connectivity index is 2.16. The molecule has 0 amide bonds. The minimum atomic E-state index is -0.635. The van der Waals surface area contributed by atoms with E-state index in [1.54, 1.807) is 0 Å². The van der Waals surface area contributed by atoms with Crippen LogP contribution in [0.25, 0.3) is 0 Å². The van der Waals surface area contributed by atoms with Crippen LogP contribution in [0.5, 0.6) is 0 Å². The van der Waals surface area contributed by atoms with Gasteiger partial charge in [-0.15, -0.1) is 0 Å². The lowest BCUT2D eigenvalue weighted by molar-refractivity contribution is -0.385. The number of hydrogen-bond donors (Lipinski definition) is 1. The fourth-order valence-electron chi connectivity index (χ4n) is 1.62. The van der Waals surface area contributed by atoms with Crippen LogP contribution >= 0.6 is 15.9 Å². The Bertz CT molecular complexity index is 619. The quantitative estimate of drug-likeness (QED) is 0.680. The Morgan fingerprint density at radius 2 is 2.00 bits per heavy atom. The van der Waals surface area contributed by atoms with E-state index >= 15 is 0 Å². The molecule has 0 bridgehead atoms. The predicted molar refractivity (Wildman–Crippen MR) is 74.5 cm³/mol. The van der Waals surface area contributed by atoms with Crippen molar-refractivity contribution in [1.29, 1.82) is 0 Å². The molecule has 0 aromatic heterocycles. The summed E-state index contributed by atoms with van der Waals surface area (Å²) in [4.78, 5) is 10.0. The number of nitro benzene ring substituents is 1. The molecule has 0 heterocycles. The van der Waals surface area contributed by atoms with Crippen molar-refractivity contribution in [3.8, 4) is 0 Å². The number of nitrogens with zero attached hydrogens (tertiary/aromatic N) is 1. The third-order valence-corrected chi connectivity index (χ3v) is 3.31. The van der Waals surface area contributed by atoms with Crippen LogP contribution in [0, 0.1) is 15.9 Å². The van der Waals surface area contributed by atoms with Crippen LogP contribution in [0.1, 0.15) is 5.56 Å². The topological polar surface area (TPSA) is 55.2 Å². The van der Waals surface area contributed by atoms with Gasteiger partial charge in [0.25, 0.3) is 5.69 Å². The predicted octanol–water partition coefficient (Wildman–Crippen LogP) is 4.11. The number of hydrogen-bond acceptors (Lipinski definition) is 3. The Hall–Kier alpha value is -1.95. The number of nitro groups is 1. The van der Waals surface area contributed by atoms with Gasteiger partial charge in [-0.2, -0.15) is 0 Å². The first-order chi connectivity index (χ1) is 9.06. The molecule has 0 aliphatic rings. The van der Waals surface area contributed by atoms with E-state index in [0.29, 0.717) is 12.2 Å². The van der Waals surface area contributed by atoms with E-state index in [9.17, 15) is 14.5 Å². The first-order valence-electron chi connectivity index (χ1n) is 5.48. The highest BCUT2D eigenvalue weighted by Gasteiger charge is 2.09. The zero-order chi connectivity index (χ0) is 13.8. The standard InChI is InChI=1S/C13H10BrFN2O2/c14-13-4-2-1-3-9(13)8-16-11-5-10(15)6-12(7-11)17(18)19/h1-7,16H,8H2. The van der Waals surface area contributed by atoms with Crippen molar-refractivity contribution in [3.05, 3.63) is 68.4 Å². The van der Waals surface area contributed by atoms with Crippen molar-refractivity contribution in [1.82, 2.24) is 0 Å². The summed E-state index contributed by atoms with van der Waals surface area (Å²) in [5.74, 6) is -0.635. The van der Waals surface area contributed by atoms with Gasteiger partial charge in [-0.1, -0.05) is 34.1 Å². The van der Waals surface area contributed by atoms with Crippen LogP contribution in [-0.2, 0) is 6.54 Å². The van der Waals surface area contributed by atoms with E-state index < -0.39 is 10.7 Å². The van der Waals surface area contributed by atoms with Gasteiger partial charge in [0.15, 0.2) is 0 Å². The Morgan fingerprint density at radius 3 is 2.68 bits per heavy atom. The van der Waals surface area contributed by atoms with E-state index in [0.717, 1.165) is 16.1 Å². The summed E-state index contributed by atoms with van der Waals surface area (Å²) in [6.07, 6.45) is 0. The molecule has 0 aliphatic carbocycles. The van der Waals surface area contributed by atoms with Gasteiger partial charge in [0.2, 0.25) is 0 Å². The van der Waals surface area contributed by atoms with Crippen molar-refractivity contribution in [2.24, 2.45) is 0 Å². The third kappa shape index (κ3) is 3.51. The first kappa shape index (κ1) is 13.5. The molecule has 2 rings (SSSR count). The van der Waals surface area contributed by atoms with Crippen LogP contribution in [-0.4, -0.2) is 4.92 Å². The molecule has 2 aromatic carbocycles. The fourth-order valence-corrected chi connectivity index (χ4v) is 2.05. The number of anilines is 1. The molecular formula is C13H10BrFN2O2. The Kier molecular flexibility index (Phi) is 4.11. The van der Waals surface area contributed by atoms with E-state index in [4.69, 9.17) is 0 Å². The van der Waals surface area contributed by atoms with Gasteiger partial charge in [-0.25, -0.2) is 4.39 Å². The van der Waals surface area contributed by atoms with E-state index in [1.807, 2.05) is 24.3 Å². The number of halogens is 2. The lowest BCUT2D eigenvalue weighted by atomic mass is 10.2. The second kappa shape index (κ2) is 5.79. The molecule has 0 aliphatic heterocycles. The molecule has 2 aromatic rings. The third-order valence-electron chi connectivity index (χ3n) is 2.53. The summed E-state index contributed by atoms with van der Waals surface area (Å²) < 4.78 is 14.2. The second-order valence-electron chi connectivity index (χ2n) is 3.90. The van der Waals surface area contributed by atoms with Crippen LogP contribution in [0.3, 0.4) is 0 Å². The summed E-state index contributed by atoms with van der Waals surface area (Å²) in [5, 5.41) is 13.6. The summed E-state index contributed by atoms with van der Waals surface area (Å²) in [6.45, 7) is 0.446. The van der Waals surface area contributed by atoms with Gasteiger partial charge in [-0.05, 0) is 17.7 Å². The molecule has 0 saturated carbocycles. The summed E-state index contributed by atoms with van der Waals surface area (Å²) in [7, 11) is 0. The smallest absolute Gasteiger partial charge is 0.274 e. The fraction of sp³-hybridized carbons (Fsp3) is 0.0769. The average Bonchev–Trinajstić information content (AvgIpc) is 2.37. The van der Waals surface area contributed by atoms with Crippen molar-refractivity contribution in [3.63, 3.8) is 0 Å². The molecule has 0 saturated heterocycles. The minimum Gasteiger partial charge on any atom is -0.381 e. The van der Waals surface area contributed by atoms with Crippen LogP contribution in [0.15, 0.2) is 46.9 Å². The molecule has 4 nitrogen and oxygen atoms in total. The van der Waals surface area contributed by atoms with Gasteiger partial charge in [0.05, 0.1) is 11.0 Å². The van der Waals surface area contributed by atoms with Gasteiger partial charge >= 0.3 is 0 Å². The zero-order valence-corrected chi connectivity index (χ0v) is 11.4. The molecule has 0 unspecified atom stereocenters. The number of rotatable bonds is 4. The number of non-ortho nitro benzene ring substituents is 1. The molecule has 19 heavy (non-hydrogen) atoms. The molecule has 0 radical (unpaired) electrons. The average molecular weight is 325 g/mol. The highest BCUT2D eigenvalue weighted by molar-refractivity contribution is 9.10. The highest BCUT2D eigenvalue weighted by Crippen LogP contribution is 2.22. The molecule has 6 heteroatoms. The maximum absolute atomic E-state index is 13.2. The van der Waals surface area contributed by atoms with Gasteiger partial charge in [0, 0.05) is 22.8 Å². The monoisotopic (exact) mass is 324 g/mol. The van der Waals surface area contributed by atoms with Gasteiger partial charge in [0.1, 0.15) is 5.82 Å². The van der Waals surface area contributed by atoms with Crippen molar-refractivity contribution < 1.29 is 9.31 Å². The Labute approximate surface area is 117 Å². The first-order valence-corrected chi connectivity index (χ1v) is 6.28. The van der Waals surface area contributed by atoms with E-state index in [-0.39, 0.29) is 5.69 Å². The van der Waals surface area contributed by atoms with Crippen molar-refractivity contribution in [2.75, 3.05) is 5.32 Å². The minimum absolute atomic E-state index is 0.269. The molecule has 1 N–H and O–H groups in total. The normalized spacial score (nSPS) is 10.2. The molecular weight excluding hydrogens is 315 g/mol. The summed E-state index contributed by atoms with van der Waals surface area (Å²) in [6, 6.07) is 11.0. The van der Waals surface area contributed by atoms with Gasteiger partial charge in [-0.3, -0.25) is 10.1 Å². The number of benzene rings is 2. The lowest BCUT2D eigenvalue weighted by Gasteiger charge is -2.08. The van der Waals surface area contributed by atoms with E-state index in [1.165, 1.54) is 12.1 Å². The lowest BCUT2D eigenvalue weighted by Crippen LogP contribution is -2.01. The van der Waals surface area contributed by atoms with Crippen molar-refractivity contribution >= 4 is 27.3 Å². The van der Waals surface area contributed by atoms with Crippen molar-refractivity contribution in [2.45, 2.75) is 6.54 Å². The molecule has 0 spiro atoms. The largest absolute Gasteiger partial charge is 0.381 e. The number of nitrogens with one attached hydrogen (secondary N) is 1. The molecule has 98 valence electrons. The van der Waals surface area contributed by atoms with Crippen LogP contribution in [0.2, 0.25) is 0 Å². The molecule has 0 atom stereocenters. The van der Waals surface area contributed by atoms with Crippen LogP contribution in [0.4, 0.5) is 15.8 Å². The maximum atomic E-state index is 13.2. The molecule has 0 fully saturated rings. The van der Waals surface area contributed by atoms with Gasteiger partial charge < -0.3 is 5.32 Å². The second-order valence-corrected chi connectivity index (χ2v) is 4.75. The van der Waals surface area contributed by atoms with Crippen LogP contribution < -0.4 is 5.32 Å². The summed E-state index contributed by atoms with van der Waals surface area (Å²) >= 11 is 3.40. The Morgan fingerprint density at radius 1 is 1.26 bits per heavy atom. The zero-order valence-electron chi connectivity index (χ0n) is 9.77.